The first-order valence-corrected chi connectivity index (χ1v) is 11.3. The van der Waals surface area contributed by atoms with Gasteiger partial charge >= 0.3 is 0 Å². The molecule has 1 aromatic rings. The number of aliphatic hydroxyl groups is 1. The first-order valence-electron chi connectivity index (χ1n) is 11.3. The van der Waals surface area contributed by atoms with Gasteiger partial charge in [-0.1, -0.05) is 32.8 Å². The Hall–Kier alpha value is -1.09. The van der Waals surface area contributed by atoms with Crippen molar-refractivity contribution in [3.05, 3.63) is 23.5 Å². The zero-order valence-electron chi connectivity index (χ0n) is 17.3. The predicted molar refractivity (Wildman–Crippen MR) is 109 cm³/mol. The average Bonchev–Trinajstić information content (AvgIpc) is 3.16. The van der Waals surface area contributed by atoms with Crippen LogP contribution in [0.4, 0.5) is 0 Å². The maximum Gasteiger partial charge on any atom is 0.0809 e. The topological polar surface area (TPSA) is 38.0 Å². The van der Waals surface area contributed by atoms with Crippen LogP contribution in [-0.2, 0) is 7.05 Å². The molecule has 148 valence electrons. The van der Waals surface area contributed by atoms with Gasteiger partial charge in [-0.3, -0.25) is 4.68 Å². The Morgan fingerprint density at radius 2 is 1.93 bits per heavy atom. The summed E-state index contributed by atoms with van der Waals surface area (Å²) in [5.74, 6) is 3.33. The largest absolute Gasteiger partial charge is 0.388 e. The molecule has 1 N–H and O–H groups in total. The molecule has 0 saturated heterocycles. The highest BCUT2D eigenvalue weighted by molar-refractivity contribution is 5.54. The number of aliphatic hydroxyl groups excluding tert-OH is 1. The van der Waals surface area contributed by atoms with Crippen LogP contribution >= 0.6 is 0 Å². The first-order chi connectivity index (χ1) is 12.9. The molecular weight excluding hydrogens is 332 g/mol. The number of hydrogen-bond donors (Lipinski definition) is 1. The lowest BCUT2D eigenvalue weighted by Gasteiger charge is -2.60. The normalized spacial score (nSPS) is 48.1. The lowest BCUT2D eigenvalue weighted by Crippen LogP contribution is -2.53. The van der Waals surface area contributed by atoms with Crippen molar-refractivity contribution in [2.24, 2.45) is 41.5 Å². The molecule has 0 aromatic carbocycles. The quantitative estimate of drug-likeness (QED) is 0.739. The van der Waals surface area contributed by atoms with Crippen molar-refractivity contribution in [2.45, 2.75) is 77.7 Å². The third kappa shape index (κ3) is 2.60. The summed E-state index contributed by atoms with van der Waals surface area (Å²) in [6.07, 6.45) is 18.2. The molecule has 0 spiro atoms. The molecule has 4 aliphatic rings. The van der Waals surface area contributed by atoms with Crippen molar-refractivity contribution >= 4 is 6.08 Å². The fourth-order valence-corrected chi connectivity index (χ4v) is 8.02. The standard InChI is InChI=1S/C24H36N2O/c1-23-10-5-4-6-18(23)7-8-19-20(23)9-11-24(2)21(19)13-17(22(24)27)12-16-14-25-26(3)15-16/h12,14-15,18-22,27H,4-11,13H2,1-3H3/b17-12-. The molecule has 7 atom stereocenters. The smallest absolute Gasteiger partial charge is 0.0809 e. The highest BCUT2D eigenvalue weighted by atomic mass is 16.3. The van der Waals surface area contributed by atoms with Crippen LogP contribution in [0.15, 0.2) is 18.0 Å². The van der Waals surface area contributed by atoms with E-state index in [1.807, 2.05) is 17.9 Å². The van der Waals surface area contributed by atoms with E-state index in [0.29, 0.717) is 11.3 Å². The Bertz CT molecular complexity index is 751. The molecular formula is C24H36N2O. The van der Waals surface area contributed by atoms with E-state index in [1.165, 1.54) is 56.9 Å². The van der Waals surface area contributed by atoms with E-state index in [0.717, 1.165) is 29.7 Å². The van der Waals surface area contributed by atoms with Crippen molar-refractivity contribution < 1.29 is 5.11 Å². The Kier molecular flexibility index (Phi) is 4.13. The number of fused-ring (bicyclic) bond motifs is 5. The first kappa shape index (κ1) is 18.0. The number of aryl methyl sites for hydroxylation is 1. The molecule has 0 radical (unpaired) electrons. The molecule has 3 heteroatoms. The lowest BCUT2D eigenvalue weighted by molar-refractivity contribution is -0.119. The van der Waals surface area contributed by atoms with Gasteiger partial charge in [0.15, 0.2) is 0 Å². The van der Waals surface area contributed by atoms with Gasteiger partial charge in [0.2, 0.25) is 0 Å². The van der Waals surface area contributed by atoms with Gasteiger partial charge in [0.25, 0.3) is 0 Å². The lowest BCUT2D eigenvalue weighted by atomic mass is 9.45. The fourth-order valence-electron chi connectivity index (χ4n) is 8.02. The van der Waals surface area contributed by atoms with E-state index < -0.39 is 0 Å². The van der Waals surface area contributed by atoms with E-state index in [9.17, 15) is 5.11 Å². The Balaban J connectivity index is 1.45. The summed E-state index contributed by atoms with van der Waals surface area (Å²) in [6, 6.07) is 0. The van der Waals surface area contributed by atoms with E-state index in [1.54, 1.807) is 0 Å². The average molecular weight is 369 g/mol. The van der Waals surface area contributed by atoms with Crippen molar-refractivity contribution in [2.75, 3.05) is 0 Å². The maximum atomic E-state index is 11.3. The fraction of sp³-hybridized carbons (Fsp3) is 0.792. The summed E-state index contributed by atoms with van der Waals surface area (Å²) >= 11 is 0. The molecule has 4 fully saturated rings. The number of rotatable bonds is 1. The van der Waals surface area contributed by atoms with Gasteiger partial charge < -0.3 is 5.11 Å². The van der Waals surface area contributed by atoms with Crippen molar-refractivity contribution in [1.82, 2.24) is 9.78 Å². The number of hydrogen-bond acceptors (Lipinski definition) is 2. The van der Waals surface area contributed by atoms with Gasteiger partial charge in [-0.05, 0) is 79.6 Å². The zero-order chi connectivity index (χ0) is 18.8. The minimum atomic E-state index is -0.277. The van der Waals surface area contributed by atoms with Crippen LogP contribution in [0.3, 0.4) is 0 Å². The summed E-state index contributed by atoms with van der Waals surface area (Å²) in [4.78, 5) is 0. The van der Waals surface area contributed by atoms with E-state index >= 15 is 0 Å². The van der Waals surface area contributed by atoms with Gasteiger partial charge in [-0.25, -0.2) is 0 Å². The second kappa shape index (κ2) is 6.20. The molecule has 4 aliphatic carbocycles. The predicted octanol–water partition coefficient (Wildman–Crippen LogP) is 5.21. The van der Waals surface area contributed by atoms with Crippen LogP contribution in [0, 0.1) is 34.5 Å². The van der Waals surface area contributed by atoms with Crippen LogP contribution < -0.4 is 0 Å². The highest BCUT2D eigenvalue weighted by Gasteiger charge is 2.60. The second-order valence-corrected chi connectivity index (χ2v) is 10.7. The van der Waals surface area contributed by atoms with E-state index in [2.05, 4.69) is 31.2 Å². The van der Waals surface area contributed by atoms with Gasteiger partial charge in [-0.2, -0.15) is 5.10 Å². The zero-order valence-corrected chi connectivity index (χ0v) is 17.3. The minimum Gasteiger partial charge on any atom is -0.388 e. The molecule has 1 heterocycles. The summed E-state index contributed by atoms with van der Waals surface area (Å²) in [7, 11) is 1.96. The summed E-state index contributed by atoms with van der Waals surface area (Å²) in [5, 5.41) is 15.6. The molecule has 4 saturated carbocycles. The monoisotopic (exact) mass is 368 g/mol. The Labute approximate surface area is 164 Å². The minimum absolute atomic E-state index is 0.0765. The third-order valence-corrected chi connectivity index (χ3v) is 9.53. The Morgan fingerprint density at radius 1 is 1.07 bits per heavy atom. The third-order valence-electron chi connectivity index (χ3n) is 9.53. The molecule has 27 heavy (non-hydrogen) atoms. The van der Waals surface area contributed by atoms with Gasteiger partial charge in [0, 0.05) is 24.2 Å². The molecule has 0 aliphatic heterocycles. The van der Waals surface area contributed by atoms with Crippen LogP contribution in [0.2, 0.25) is 0 Å². The molecule has 3 nitrogen and oxygen atoms in total. The van der Waals surface area contributed by atoms with Gasteiger partial charge in [0.05, 0.1) is 12.3 Å². The molecule has 7 unspecified atom stereocenters. The van der Waals surface area contributed by atoms with Crippen LogP contribution in [0.1, 0.15) is 77.2 Å². The summed E-state index contributed by atoms with van der Waals surface area (Å²) in [6.45, 7) is 5.02. The maximum absolute atomic E-state index is 11.3. The molecule has 1 aromatic heterocycles. The SMILES string of the molecule is Cn1cc(/C=C2/CC3C4CCC5CCCCC5(C)C4CCC3(C)C2O)cn1. The van der Waals surface area contributed by atoms with Crippen LogP contribution in [0.5, 0.6) is 0 Å². The van der Waals surface area contributed by atoms with Gasteiger partial charge in [-0.15, -0.1) is 0 Å². The van der Waals surface area contributed by atoms with E-state index in [4.69, 9.17) is 0 Å². The van der Waals surface area contributed by atoms with Crippen LogP contribution in [0.25, 0.3) is 6.08 Å². The van der Waals surface area contributed by atoms with Crippen LogP contribution in [-0.4, -0.2) is 21.0 Å². The second-order valence-electron chi connectivity index (χ2n) is 10.7. The Morgan fingerprint density at radius 3 is 2.70 bits per heavy atom. The van der Waals surface area contributed by atoms with Crippen molar-refractivity contribution in [3.63, 3.8) is 0 Å². The summed E-state index contributed by atoms with van der Waals surface area (Å²) in [5.41, 5.74) is 3.04. The highest BCUT2D eigenvalue weighted by Crippen LogP contribution is 2.66. The number of aromatic nitrogens is 2. The molecule has 0 bridgehead atoms. The van der Waals surface area contributed by atoms with Gasteiger partial charge in [0.1, 0.15) is 0 Å². The number of nitrogens with zero attached hydrogens (tertiary/aromatic N) is 2. The summed E-state index contributed by atoms with van der Waals surface area (Å²) < 4.78 is 1.85. The molecule has 0 amide bonds. The van der Waals surface area contributed by atoms with E-state index in [-0.39, 0.29) is 11.5 Å². The molecule has 5 rings (SSSR count). The van der Waals surface area contributed by atoms with Crippen molar-refractivity contribution in [3.8, 4) is 0 Å². The van der Waals surface area contributed by atoms with Crippen molar-refractivity contribution in [1.29, 1.82) is 0 Å².